The lowest BCUT2D eigenvalue weighted by Crippen LogP contribution is -2.74. The number of para-hydroxylation sites is 2. The van der Waals surface area contributed by atoms with Crippen LogP contribution in [0.2, 0.25) is 0 Å². The Kier molecular flexibility index (Phi) is 9.63. The molecule has 0 saturated carbocycles. The van der Waals surface area contributed by atoms with E-state index in [1.807, 2.05) is 6.20 Å². The molecule has 74 heavy (non-hydrogen) atoms. The third-order valence-corrected chi connectivity index (χ3v) is 20.7. The predicted molar refractivity (Wildman–Crippen MR) is 313 cm³/mol. The number of benzene rings is 11. The van der Waals surface area contributed by atoms with Crippen LogP contribution >= 0.6 is 0 Å². The normalized spacial score (nSPS) is 12.1. The second-order valence-electron chi connectivity index (χ2n) is 19.7. The monoisotopic (exact) mass is 954 g/mol. The van der Waals surface area contributed by atoms with Crippen molar-refractivity contribution in [3.05, 3.63) is 279 Å². The minimum atomic E-state index is -3.16. The first kappa shape index (κ1) is 42.3. The van der Waals surface area contributed by atoms with Gasteiger partial charge in [-0.2, -0.15) is 0 Å². The second-order valence-corrected chi connectivity index (χ2v) is 23.5. The van der Waals surface area contributed by atoms with E-state index in [0.29, 0.717) is 0 Å². The van der Waals surface area contributed by atoms with Crippen LogP contribution in [-0.4, -0.2) is 17.6 Å². The highest BCUT2D eigenvalue weighted by Crippen LogP contribution is 2.50. The average Bonchev–Trinajstić information content (AvgIpc) is 3.81. The van der Waals surface area contributed by atoms with E-state index in [2.05, 4.69) is 278 Å². The van der Waals surface area contributed by atoms with Crippen LogP contribution in [0.5, 0.6) is 0 Å². The molecule has 0 N–H and O–H groups in total. The summed E-state index contributed by atoms with van der Waals surface area (Å²) in [6, 6.07) is 103. The van der Waals surface area contributed by atoms with E-state index in [1.54, 1.807) is 0 Å². The molecule has 0 spiro atoms. The molecule has 2 nitrogen and oxygen atoms in total. The summed E-state index contributed by atoms with van der Waals surface area (Å²) < 4.78 is 2.44. The van der Waals surface area contributed by atoms with Gasteiger partial charge in [0.05, 0.1) is 16.7 Å². The number of aromatic nitrogens is 2. The standard InChI is InChI=1S/C71H46N2Si/c1-3-20-48(21-4-1)74(49-22-5-2-6-23-49,51-39-42-61-65-34-19-43-72-71(65)64-33-14-13-27-55(64)54-26-9-12-30-58(54)68(61)46-51)50-38-41-60-59-40-37-47(73-69-35-17-15-31-62(69)63-32-16-18-36-70(63)73)44-66(59)56-28-10-7-24-52(56)53-25-8-11-29-57(53)67(60)45-50/h1-46H. The second kappa shape index (κ2) is 16.8. The van der Waals surface area contributed by atoms with E-state index in [1.165, 1.54) is 115 Å². The summed E-state index contributed by atoms with van der Waals surface area (Å²) in [6.45, 7) is 0. The number of fused-ring (bicyclic) bond motifs is 19. The number of pyridine rings is 1. The molecule has 0 radical (unpaired) electrons. The highest BCUT2D eigenvalue weighted by molar-refractivity contribution is 7.20. The first-order chi connectivity index (χ1) is 36.7. The highest BCUT2D eigenvalue weighted by Gasteiger charge is 2.43. The summed E-state index contributed by atoms with van der Waals surface area (Å²) in [5.41, 5.74) is 22.7. The summed E-state index contributed by atoms with van der Waals surface area (Å²) in [6.07, 6.45) is 1.93. The minimum Gasteiger partial charge on any atom is -0.309 e. The molecular formula is C71H46N2Si. The van der Waals surface area contributed by atoms with Gasteiger partial charge >= 0.3 is 0 Å². The van der Waals surface area contributed by atoms with Gasteiger partial charge in [0.15, 0.2) is 8.07 Å². The van der Waals surface area contributed by atoms with Crippen LogP contribution in [0.4, 0.5) is 0 Å². The molecule has 0 saturated heterocycles. The van der Waals surface area contributed by atoms with Gasteiger partial charge in [-0.05, 0) is 123 Å². The molecule has 2 heterocycles. The Labute approximate surface area is 431 Å². The van der Waals surface area contributed by atoms with Crippen LogP contribution < -0.4 is 20.7 Å². The molecule has 2 aliphatic carbocycles. The fraction of sp³-hybridized carbons (Fsp3) is 0. The predicted octanol–water partition coefficient (Wildman–Crippen LogP) is 15.5. The summed E-state index contributed by atoms with van der Waals surface area (Å²) in [4.78, 5) is 5.10. The largest absolute Gasteiger partial charge is 0.309 e. The lowest BCUT2D eigenvalue weighted by molar-refractivity contribution is 1.18. The fourth-order valence-electron chi connectivity index (χ4n) is 12.8. The topological polar surface area (TPSA) is 17.8 Å². The zero-order valence-electron chi connectivity index (χ0n) is 40.5. The van der Waals surface area contributed by atoms with Crippen LogP contribution in [0.25, 0.3) is 117 Å². The van der Waals surface area contributed by atoms with Gasteiger partial charge in [0.2, 0.25) is 0 Å². The SMILES string of the molecule is c1ccc([Si](c2ccccc2)(c2ccc3c(c2)-c2ccccc2-c2ccccc2-c2cc(-n4c5ccccc5c5ccccc54)ccc2-3)c2ccc3c(c2)-c2ccccc2-c2ccccc2-c2ncccc2-3)cc1. The molecule has 11 aromatic carbocycles. The van der Waals surface area contributed by atoms with Crippen molar-refractivity contribution in [3.63, 3.8) is 0 Å². The summed E-state index contributed by atoms with van der Waals surface area (Å²) in [5, 5.41) is 7.83. The van der Waals surface area contributed by atoms with E-state index >= 15 is 0 Å². The molecule has 15 rings (SSSR count). The molecule has 2 aromatic heterocycles. The van der Waals surface area contributed by atoms with Gasteiger partial charge < -0.3 is 4.57 Å². The zero-order chi connectivity index (χ0) is 48.7. The number of rotatable bonds is 5. The Hall–Kier alpha value is -9.41. The zero-order valence-corrected chi connectivity index (χ0v) is 41.5. The van der Waals surface area contributed by atoms with E-state index in [-0.39, 0.29) is 0 Å². The van der Waals surface area contributed by atoms with Gasteiger partial charge in [-0.15, -0.1) is 0 Å². The number of nitrogens with zero attached hydrogens (tertiary/aromatic N) is 2. The Morgan fingerprint density at radius 1 is 0.243 bits per heavy atom. The average molecular weight is 955 g/mol. The Morgan fingerprint density at radius 3 is 1.09 bits per heavy atom. The van der Waals surface area contributed by atoms with E-state index < -0.39 is 8.07 Å². The molecule has 2 aliphatic rings. The first-order valence-electron chi connectivity index (χ1n) is 25.6. The van der Waals surface area contributed by atoms with Crippen molar-refractivity contribution in [2.45, 2.75) is 0 Å². The van der Waals surface area contributed by atoms with Gasteiger partial charge in [-0.1, -0.05) is 243 Å². The molecule has 0 bridgehead atoms. The van der Waals surface area contributed by atoms with E-state index in [4.69, 9.17) is 4.98 Å². The van der Waals surface area contributed by atoms with Crippen LogP contribution in [-0.2, 0) is 0 Å². The lowest BCUT2D eigenvalue weighted by Gasteiger charge is -2.36. The molecule has 0 aliphatic heterocycles. The van der Waals surface area contributed by atoms with Crippen molar-refractivity contribution >= 4 is 50.6 Å². The van der Waals surface area contributed by atoms with Crippen molar-refractivity contribution in [2.24, 2.45) is 0 Å². The Balaban J connectivity index is 1.02. The molecule has 0 atom stereocenters. The Morgan fingerprint density at radius 2 is 0.595 bits per heavy atom. The Bertz CT molecular complexity index is 4280. The van der Waals surface area contributed by atoms with E-state index in [0.717, 1.165) is 22.5 Å². The maximum atomic E-state index is 5.10. The van der Waals surface area contributed by atoms with Crippen LogP contribution in [0.1, 0.15) is 0 Å². The quantitative estimate of drug-likeness (QED) is 0.124. The van der Waals surface area contributed by atoms with Crippen molar-refractivity contribution in [2.75, 3.05) is 0 Å². The lowest BCUT2D eigenvalue weighted by atomic mass is 9.81. The molecule has 0 amide bonds. The minimum absolute atomic E-state index is 1.01. The van der Waals surface area contributed by atoms with E-state index in [9.17, 15) is 0 Å². The first-order valence-corrected chi connectivity index (χ1v) is 27.6. The molecule has 3 heteroatoms. The van der Waals surface area contributed by atoms with Gasteiger partial charge in [0, 0.05) is 33.8 Å². The van der Waals surface area contributed by atoms with Gasteiger partial charge in [-0.25, -0.2) is 0 Å². The summed E-state index contributed by atoms with van der Waals surface area (Å²) >= 11 is 0. The number of hydrogen-bond acceptors (Lipinski definition) is 1. The third-order valence-electron chi connectivity index (χ3n) is 16.0. The van der Waals surface area contributed by atoms with Crippen molar-refractivity contribution in [1.82, 2.24) is 9.55 Å². The third kappa shape index (κ3) is 6.27. The van der Waals surface area contributed by atoms with Gasteiger partial charge in [0.1, 0.15) is 0 Å². The number of hydrogen-bond donors (Lipinski definition) is 0. The van der Waals surface area contributed by atoms with Crippen molar-refractivity contribution < 1.29 is 0 Å². The summed E-state index contributed by atoms with van der Waals surface area (Å²) in [7, 11) is -3.16. The smallest absolute Gasteiger partial charge is 0.179 e. The summed E-state index contributed by atoms with van der Waals surface area (Å²) in [5.74, 6) is 0. The van der Waals surface area contributed by atoms with Gasteiger partial charge in [-0.3, -0.25) is 4.98 Å². The maximum absolute atomic E-state index is 5.10. The molecule has 13 aromatic rings. The maximum Gasteiger partial charge on any atom is 0.179 e. The van der Waals surface area contributed by atoms with Crippen LogP contribution in [0.3, 0.4) is 0 Å². The molecule has 0 unspecified atom stereocenters. The van der Waals surface area contributed by atoms with Crippen molar-refractivity contribution in [3.8, 4) is 94.8 Å². The van der Waals surface area contributed by atoms with Crippen LogP contribution in [0.15, 0.2) is 279 Å². The highest BCUT2D eigenvalue weighted by atomic mass is 28.3. The fourth-order valence-corrected chi connectivity index (χ4v) is 17.6. The van der Waals surface area contributed by atoms with Gasteiger partial charge in [0.25, 0.3) is 0 Å². The molecule has 0 fully saturated rings. The molecular weight excluding hydrogens is 909 g/mol. The van der Waals surface area contributed by atoms with Crippen molar-refractivity contribution in [1.29, 1.82) is 0 Å². The van der Waals surface area contributed by atoms with Crippen LogP contribution in [0, 0.1) is 0 Å². The molecule has 344 valence electrons.